The lowest BCUT2D eigenvalue weighted by atomic mass is 10.0. The molecule has 0 unspecified atom stereocenters. The third-order valence-electron chi connectivity index (χ3n) is 6.75. The van der Waals surface area contributed by atoms with Gasteiger partial charge in [-0.2, -0.15) is 0 Å². The van der Waals surface area contributed by atoms with Crippen LogP contribution in [0.15, 0.2) is 60.7 Å². The number of esters is 1. The Balaban J connectivity index is 1.31. The zero-order valence-corrected chi connectivity index (χ0v) is 22.5. The quantitative estimate of drug-likeness (QED) is 0.502. The SMILES string of the molecule is CC1(C)O[C@@H]2O[C@@H]([C@@H]3COC(C)(C)O3)[C@@H](OC(=O)[C@@H](Cc3ccccc3)NC(=O)OCc3ccccc3)[C@H]2O1. The van der Waals surface area contributed by atoms with E-state index in [0.29, 0.717) is 0 Å². The number of rotatable bonds is 8. The van der Waals surface area contributed by atoms with Gasteiger partial charge in [0.05, 0.1) is 6.61 Å². The van der Waals surface area contributed by atoms with Crippen LogP contribution in [-0.2, 0) is 51.0 Å². The Morgan fingerprint density at radius 3 is 2.21 bits per heavy atom. The first-order valence-corrected chi connectivity index (χ1v) is 13.1. The monoisotopic (exact) mass is 541 g/mol. The van der Waals surface area contributed by atoms with E-state index < -0.39 is 60.4 Å². The lowest BCUT2D eigenvalue weighted by molar-refractivity contribution is -0.235. The largest absolute Gasteiger partial charge is 0.455 e. The van der Waals surface area contributed by atoms with E-state index in [4.69, 9.17) is 33.2 Å². The van der Waals surface area contributed by atoms with Crippen LogP contribution in [-0.4, -0.2) is 67.0 Å². The summed E-state index contributed by atoms with van der Waals surface area (Å²) in [6.45, 7) is 7.47. The average Bonchev–Trinajstić information content (AvgIpc) is 3.52. The molecule has 0 aliphatic carbocycles. The molecule has 210 valence electrons. The molecule has 3 saturated heterocycles. The lowest BCUT2D eigenvalue weighted by Gasteiger charge is -2.30. The summed E-state index contributed by atoms with van der Waals surface area (Å²) >= 11 is 0. The molecule has 1 amide bonds. The Kier molecular flexibility index (Phi) is 7.93. The number of amides is 1. The van der Waals surface area contributed by atoms with Crippen molar-refractivity contribution in [2.24, 2.45) is 0 Å². The van der Waals surface area contributed by atoms with E-state index in [2.05, 4.69) is 5.32 Å². The van der Waals surface area contributed by atoms with Gasteiger partial charge in [-0.3, -0.25) is 0 Å². The van der Waals surface area contributed by atoms with Crippen LogP contribution in [0, 0.1) is 0 Å². The molecule has 10 nitrogen and oxygen atoms in total. The number of hydrogen-bond acceptors (Lipinski definition) is 9. The molecule has 0 bridgehead atoms. The van der Waals surface area contributed by atoms with E-state index in [-0.39, 0.29) is 19.6 Å². The number of fused-ring (bicyclic) bond motifs is 1. The van der Waals surface area contributed by atoms with E-state index in [1.54, 1.807) is 27.7 Å². The van der Waals surface area contributed by atoms with Gasteiger partial charge < -0.3 is 38.5 Å². The molecule has 39 heavy (non-hydrogen) atoms. The second kappa shape index (κ2) is 11.2. The number of nitrogens with one attached hydrogen (secondary N) is 1. The highest BCUT2D eigenvalue weighted by Crippen LogP contribution is 2.42. The lowest BCUT2D eigenvalue weighted by Crippen LogP contribution is -2.50. The number of benzene rings is 2. The third-order valence-corrected chi connectivity index (χ3v) is 6.75. The highest BCUT2D eigenvalue weighted by atomic mass is 16.8. The Morgan fingerprint density at radius 2 is 1.56 bits per heavy atom. The van der Waals surface area contributed by atoms with Crippen LogP contribution in [0.3, 0.4) is 0 Å². The van der Waals surface area contributed by atoms with Gasteiger partial charge in [0.25, 0.3) is 0 Å². The maximum absolute atomic E-state index is 13.6. The van der Waals surface area contributed by atoms with Crippen LogP contribution >= 0.6 is 0 Å². The minimum absolute atomic E-state index is 0.0666. The first-order chi connectivity index (χ1) is 18.6. The second-order valence-electron chi connectivity index (χ2n) is 10.8. The summed E-state index contributed by atoms with van der Waals surface area (Å²) in [7, 11) is 0. The Bertz CT molecular complexity index is 1140. The summed E-state index contributed by atoms with van der Waals surface area (Å²) in [5, 5.41) is 2.68. The van der Waals surface area contributed by atoms with Gasteiger partial charge in [-0.05, 0) is 38.8 Å². The van der Waals surface area contributed by atoms with E-state index in [9.17, 15) is 9.59 Å². The van der Waals surface area contributed by atoms with Crippen LogP contribution in [0.4, 0.5) is 4.79 Å². The molecule has 1 N–H and O–H groups in total. The van der Waals surface area contributed by atoms with Gasteiger partial charge in [0.1, 0.15) is 24.9 Å². The standard InChI is InChI=1S/C29H35NO9/c1-28(2)34-17-21(37-28)22-23(24-26(36-22)39-29(3,4)38-24)35-25(31)20(15-18-11-7-5-8-12-18)30-27(32)33-16-19-13-9-6-10-14-19/h5-14,20-24,26H,15-17H2,1-4H3,(H,30,32)/t20-,21+,22+,23-,24-,26+/m1/s1. The fourth-order valence-electron chi connectivity index (χ4n) is 4.98. The average molecular weight is 542 g/mol. The van der Waals surface area contributed by atoms with Crippen molar-refractivity contribution < 1.29 is 42.7 Å². The van der Waals surface area contributed by atoms with Crippen LogP contribution in [0.2, 0.25) is 0 Å². The minimum atomic E-state index is -1.03. The van der Waals surface area contributed by atoms with Gasteiger partial charge in [0.2, 0.25) is 0 Å². The molecule has 3 heterocycles. The molecule has 2 aromatic rings. The zero-order chi connectivity index (χ0) is 27.6. The van der Waals surface area contributed by atoms with Crippen molar-refractivity contribution in [3.05, 3.63) is 71.8 Å². The summed E-state index contributed by atoms with van der Waals surface area (Å²) in [6, 6.07) is 17.6. The van der Waals surface area contributed by atoms with Gasteiger partial charge in [-0.25, -0.2) is 9.59 Å². The summed E-state index contributed by atoms with van der Waals surface area (Å²) in [6.07, 6.45) is -4.00. The molecule has 0 radical (unpaired) electrons. The topological polar surface area (TPSA) is 111 Å². The number of carbonyl (C=O) groups excluding carboxylic acids is 2. The molecule has 3 fully saturated rings. The fraction of sp³-hybridized carbons (Fsp3) is 0.517. The first kappa shape index (κ1) is 27.5. The number of alkyl carbamates (subject to hydrolysis) is 1. The molecule has 3 aliphatic rings. The number of ether oxygens (including phenoxy) is 7. The van der Waals surface area contributed by atoms with Gasteiger partial charge in [0.15, 0.2) is 30.1 Å². The van der Waals surface area contributed by atoms with Crippen molar-refractivity contribution in [3.8, 4) is 0 Å². The number of carbonyl (C=O) groups is 2. The molecular weight excluding hydrogens is 506 g/mol. The predicted molar refractivity (Wildman–Crippen MR) is 137 cm³/mol. The van der Waals surface area contributed by atoms with E-state index >= 15 is 0 Å². The van der Waals surface area contributed by atoms with Gasteiger partial charge in [-0.15, -0.1) is 0 Å². The Morgan fingerprint density at radius 1 is 0.897 bits per heavy atom. The number of hydrogen-bond donors (Lipinski definition) is 1. The van der Waals surface area contributed by atoms with E-state index in [1.807, 2.05) is 60.7 Å². The highest BCUT2D eigenvalue weighted by molar-refractivity contribution is 5.82. The first-order valence-electron chi connectivity index (χ1n) is 13.1. The maximum Gasteiger partial charge on any atom is 0.408 e. The molecule has 0 saturated carbocycles. The van der Waals surface area contributed by atoms with Crippen molar-refractivity contribution in [1.29, 1.82) is 0 Å². The fourth-order valence-corrected chi connectivity index (χ4v) is 4.98. The van der Waals surface area contributed by atoms with Crippen molar-refractivity contribution in [2.75, 3.05) is 6.61 Å². The van der Waals surface area contributed by atoms with Crippen LogP contribution < -0.4 is 5.32 Å². The predicted octanol–water partition coefficient (Wildman–Crippen LogP) is 3.46. The van der Waals surface area contributed by atoms with Crippen LogP contribution in [0.25, 0.3) is 0 Å². The molecule has 2 aromatic carbocycles. The summed E-state index contributed by atoms with van der Waals surface area (Å²) in [4.78, 5) is 26.4. The van der Waals surface area contributed by atoms with Crippen LogP contribution in [0.1, 0.15) is 38.8 Å². The highest BCUT2D eigenvalue weighted by Gasteiger charge is 2.60. The molecular formula is C29H35NO9. The summed E-state index contributed by atoms with van der Waals surface area (Å²) in [5.74, 6) is -2.37. The normalized spacial score (nSPS) is 29.4. The zero-order valence-electron chi connectivity index (χ0n) is 22.5. The van der Waals surface area contributed by atoms with Gasteiger partial charge in [0, 0.05) is 6.42 Å². The van der Waals surface area contributed by atoms with Crippen molar-refractivity contribution >= 4 is 12.1 Å². The summed E-state index contributed by atoms with van der Waals surface area (Å²) in [5.41, 5.74) is 1.67. The van der Waals surface area contributed by atoms with Gasteiger partial charge in [-0.1, -0.05) is 60.7 Å². The molecule has 0 aromatic heterocycles. The maximum atomic E-state index is 13.6. The molecule has 10 heteroatoms. The minimum Gasteiger partial charge on any atom is -0.455 e. The Hall–Kier alpha value is -3.02. The molecule has 6 atom stereocenters. The van der Waals surface area contributed by atoms with Crippen molar-refractivity contribution in [3.63, 3.8) is 0 Å². The van der Waals surface area contributed by atoms with Crippen molar-refractivity contribution in [1.82, 2.24) is 5.32 Å². The molecule has 3 aliphatic heterocycles. The molecule has 0 spiro atoms. The molecule has 5 rings (SSSR count). The van der Waals surface area contributed by atoms with E-state index in [1.165, 1.54) is 0 Å². The van der Waals surface area contributed by atoms with E-state index in [0.717, 1.165) is 11.1 Å². The summed E-state index contributed by atoms with van der Waals surface area (Å²) < 4.78 is 41.3. The third kappa shape index (κ3) is 6.77. The smallest absolute Gasteiger partial charge is 0.408 e. The Labute approximate surface area is 227 Å². The second-order valence-corrected chi connectivity index (χ2v) is 10.8. The van der Waals surface area contributed by atoms with Gasteiger partial charge >= 0.3 is 12.1 Å². The van der Waals surface area contributed by atoms with Crippen molar-refractivity contribution in [2.45, 2.75) is 89.0 Å². The van der Waals surface area contributed by atoms with Crippen LogP contribution in [0.5, 0.6) is 0 Å².